The number of amides is 1. The summed E-state index contributed by atoms with van der Waals surface area (Å²) in [5.41, 5.74) is 2.74. The number of rotatable bonds is 5. The van der Waals surface area contributed by atoms with E-state index in [1.165, 1.54) is 12.1 Å². The van der Waals surface area contributed by atoms with Gasteiger partial charge in [0.1, 0.15) is 11.4 Å². The van der Waals surface area contributed by atoms with Crippen molar-refractivity contribution in [2.75, 3.05) is 6.54 Å². The maximum atomic E-state index is 12.8. The second kappa shape index (κ2) is 6.43. The van der Waals surface area contributed by atoms with E-state index in [4.69, 9.17) is 4.42 Å². The molecule has 0 aliphatic carbocycles. The minimum Gasteiger partial charge on any atom is -0.464 e. The highest BCUT2D eigenvalue weighted by atomic mass is 19.1. The topological polar surface area (TPSA) is 42.2 Å². The molecular formula is C18H16FNO2. The SMILES string of the molecule is O=C(Cc1ccc(F)cc1)NCCc1coc2ccccc12. The second-order valence-electron chi connectivity index (χ2n) is 5.16. The molecule has 0 spiro atoms. The van der Waals surface area contributed by atoms with Crippen molar-refractivity contribution >= 4 is 16.9 Å². The molecule has 1 N–H and O–H groups in total. The number of hydrogen-bond acceptors (Lipinski definition) is 2. The fraction of sp³-hybridized carbons (Fsp3) is 0.167. The average molecular weight is 297 g/mol. The maximum absolute atomic E-state index is 12.8. The zero-order valence-electron chi connectivity index (χ0n) is 12.0. The summed E-state index contributed by atoms with van der Waals surface area (Å²) in [6.07, 6.45) is 2.70. The Morgan fingerprint density at radius 3 is 2.68 bits per heavy atom. The van der Waals surface area contributed by atoms with Crippen molar-refractivity contribution in [2.45, 2.75) is 12.8 Å². The Hall–Kier alpha value is -2.62. The van der Waals surface area contributed by atoms with Crippen molar-refractivity contribution in [2.24, 2.45) is 0 Å². The second-order valence-corrected chi connectivity index (χ2v) is 5.16. The van der Waals surface area contributed by atoms with Crippen LogP contribution in [0.2, 0.25) is 0 Å². The lowest BCUT2D eigenvalue weighted by Gasteiger charge is -2.05. The van der Waals surface area contributed by atoms with E-state index >= 15 is 0 Å². The third-order valence-electron chi connectivity index (χ3n) is 3.56. The van der Waals surface area contributed by atoms with Gasteiger partial charge >= 0.3 is 0 Å². The Kier molecular flexibility index (Phi) is 4.19. The van der Waals surface area contributed by atoms with E-state index < -0.39 is 0 Å². The molecule has 4 heteroatoms. The molecule has 0 fully saturated rings. The number of para-hydroxylation sites is 1. The van der Waals surface area contributed by atoms with Crippen molar-refractivity contribution in [1.82, 2.24) is 5.32 Å². The van der Waals surface area contributed by atoms with E-state index in [1.54, 1.807) is 18.4 Å². The van der Waals surface area contributed by atoms with Gasteiger partial charge in [-0.3, -0.25) is 4.79 Å². The van der Waals surface area contributed by atoms with Crippen LogP contribution in [0, 0.1) is 5.82 Å². The first-order valence-electron chi connectivity index (χ1n) is 7.18. The molecule has 0 aliphatic rings. The summed E-state index contributed by atoms with van der Waals surface area (Å²) >= 11 is 0. The quantitative estimate of drug-likeness (QED) is 0.783. The van der Waals surface area contributed by atoms with Gasteiger partial charge in [-0.1, -0.05) is 30.3 Å². The first kappa shape index (κ1) is 14.3. The fourth-order valence-electron chi connectivity index (χ4n) is 2.41. The summed E-state index contributed by atoms with van der Waals surface area (Å²) in [4.78, 5) is 11.9. The third kappa shape index (κ3) is 3.34. The number of halogens is 1. The van der Waals surface area contributed by atoms with E-state index in [0.29, 0.717) is 13.0 Å². The molecule has 1 aromatic heterocycles. The molecule has 0 bridgehead atoms. The van der Waals surface area contributed by atoms with E-state index in [1.807, 2.05) is 24.3 Å². The average Bonchev–Trinajstić information content (AvgIpc) is 2.93. The Morgan fingerprint density at radius 2 is 1.86 bits per heavy atom. The van der Waals surface area contributed by atoms with Crippen molar-refractivity contribution in [1.29, 1.82) is 0 Å². The van der Waals surface area contributed by atoms with Gasteiger partial charge in [-0.25, -0.2) is 4.39 Å². The number of nitrogens with one attached hydrogen (secondary N) is 1. The fourth-order valence-corrected chi connectivity index (χ4v) is 2.41. The van der Waals surface area contributed by atoms with Crippen molar-refractivity contribution in [3.63, 3.8) is 0 Å². The molecule has 1 heterocycles. The van der Waals surface area contributed by atoms with Crippen molar-refractivity contribution < 1.29 is 13.6 Å². The maximum Gasteiger partial charge on any atom is 0.224 e. The molecule has 2 aromatic carbocycles. The Bertz CT molecular complexity index is 777. The summed E-state index contributed by atoms with van der Waals surface area (Å²) in [6, 6.07) is 13.8. The van der Waals surface area contributed by atoms with Crippen molar-refractivity contribution in [3.05, 3.63) is 71.7 Å². The van der Waals surface area contributed by atoms with Crippen LogP contribution in [0.1, 0.15) is 11.1 Å². The summed E-state index contributed by atoms with van der Waals surface area (Å²) in [6.45, 7) is 0.545. The van der Waals surface area contributed by atoms with Crippen LogP contribution in [0.15, 0.2) is 59.2 Å². The largest absolute Gasteiger partial charge is 0.464 e. The highest BCUT2D eigenvalue weighted by Crippen LogP contribution is 2.20. The Labute approximate surface area is 127 Å². The number of fused-ring (bicyclic) bond motifs is 1. The van der Waals surface area contributed by atoms with Gasteiger partial charge < -0.3 is 9.73 Å². The van der Waals surface area contributed by atoms with Crippen LogP contribution in [-0.4, -0.2) is 12.5 Å². The third-order valence-corrected chi connectivity index (χ3v) is 3.56. The predicted octanol–water partition coefficient (Wildman–Crippen LogP) is 3.47. The molecule has 3 aromatic rings. The highest BCUT2D eigenvalue weighted by Gasteiger charge is 2.07. The number of benzene rings is 2. The lowest BCUT2D eigenvalue weighted by atomic mass is 10.1. The number of furan rings is 1. The van der Waals surface area contributed by atoms with E-state index in [0.717, 1.165) is 22.1 Å². The first-order chi connectivity index (χ1) is 10.7. The molecule has 112 valence electrons. The molecular weight excluding hydrogens is 281 g/mol. The van der Waals surface area contributed by atoms with Crippen LogP contribution in [0.5, 0.6) is 0 Å². The summed E-state index contributed by atoms with van der Waals surface area (Å²) in [5, 5.41) is 3.95. The Morgan fingerprint density at radius 1 is 1.09 bits per heavy atom. The van der Waals surface area contributed by atoms with Gasteiger partial charge in [-0.15, -0.1) is 0 Å². The van der Waals surface area contributed by atoms with Gasteiger partial charge in [-0.2, -0.15) is 0 Å². The Balaban J connectivity index is 1.52. The number of carbonyl (C=O) groups excluding carboxylic acids is 1. The summed E-state index contributed by atoms with van der Waals surface area (Å²) in [5.74, 6) is -0.365. The highest BCUT2D eigenvalue weighted by molar-refractivity contribution is 5.81. The molecule has 0 unspecified atom stereocenters. The van der Waals surface area contributed by atoms with Crippen LogP contribution in [-0.2, 0) is 17.6 Å². The summed E-state index contributed by atoms with van der Waals surface area (Å²) < 4.78 is 18.3. The normalized spacial score (nSPS) is 10.8. The lowest BCUT2D eigenvalue weighted by Crippen LogP contribution is -2.27. The van der Waals surface area contributed by atoms with Gasteiger partial charge in [0.25, 0.3) is 0 Å². The van der Waals surface area contributed by atoms with Gasteiger partial charge in [0.15, 0.2) is 0 Å². The molecule has 22 heavy (non-hydrogen) atoms. The molecule has 0 saturated carbocycles. The molecule has 0 aliphatic heterocycles. The number of hydrogen-bond donors (Lipinski definition) is 1. The van der Waals surface area contributed by atoms with Crippen LogP contribution >= 0.6 is 0 Å². The zero-order valence-corrected chi connectivity index (χ0v) is 12.0. The molecule has 3 rings (SSSR count). The van der Waals surface area contributed by atoms with Crippen LogP contribution in [0.3, 0.4) is 0 Å². The predicted molar refractivity (Wildman–Crippen MR) is 83.0 cm³/mol. The molecule has 1 amide bonds. The van der Waals surface area contributed by atoms with E-state index in [9.17, 15) is 9.18 Å². The lowest BCUT2D eigenvalue weighted by molar-refractivity contribution is -0.120. The van der Waals surface area contributed by atoms with Crippen LogP contribution in [0.25, 0.3) is 11.0 Å². The smallest absolute Gasteiger partial charge is 0.224 e. The van der Waals surface area contributed by atoms with Gasteiger partial charge in [0.05, 0.1) is 12.7 Å². The van der Waals surface area contributed by atoms with Crippen LogP contribution < -0.4 is 5.32 Å². The standard InChI is InChI=1S/C18H16FNO2/c19-15-7-5-13(6-8-15)11-18(21)20-10-9-14-12-22-17-4-2-1-3-16(14)17/h1-8,12H,9-11H2,(H,20,21). The zero-order chi connectivity index (χ0) is 15.4. The summed E-state index contributed by atoms with van der Waals surface area (Å²) in [7, 11) is 0. The number of carbonyl (C=O) groups is 1. The van der Waals surface area contributed by atoms with Crippen LogP contribution in [0.4, 0.5) is 4.39 Å². The minimum atomic E-state index is -0.295. The molecule has 0 saturated heterocycles. The monoisotopic (exact) mass is 297 g/mol. The van der Waals surface area contributed by atoms with Gasteiger partial charge in [-0.05, 0) is 35.7 Å². The first-order valence-corrected chi connectivity index (χ1v) is 7.18. The van der Waals surface area contributed by atoms with E-state index in [-0.39, 0.29) is 18.1 Å². The minimum absolute atomic E-state index is 0.0700. The van der Waals surface area contributed by atoms with Gasteiger partial charge in [0.2, 0.25) is 5.91 Å². The molecule has 0 radical (unpaired) electrons. The molecule has 0 atom stereocenters. The van der Waals surface area contributed by atoms with Crippen molar-refractivity contribution in [3.8, 4) is 0 Å². The van der Waals surface area contributed by atoms with Gasteiger partial charge in [0, 0.05) is 11.9 Å². The van der Waals surface area contributed by atoms with E-state index in [2.05, 4.69) is 5.32 Å². The molecule has 3 nitrogen and oxygen atoms in total.